The molecule has 0 saturated carbocycles. The van der Waals surface area contributed by atoms with Gasteiger partial charge in [0.15, 0.2) is 11.5 Å². The van der Waals surface area contributed by atoms with E-state index in [1.54, 1.807) is 20.3 Å². The minimum atomic E-state index is -3.35. The fourth-order valence-corrected chi connectivity index (χ4v) is 3.47. The van der Waals surface area contributed by atoms with Crippen LogP contribution in [0.5, 0.6) is 11.5 Å². The van der Waals surface area contributed by atoms with Crippen molar-refractivity contribution in [2.45, 2.75) is 12.5 Å². The Hall–Kier alpha value is -2.88. The first-order valence-corrected chi connectivity index (χ1v) is 8.20. The van der Waals surface area contributed by atoms with Gasteiger partial charge in [-0.2, -0.15) is 0 Å². The highest BCUT2D eigenvalue weighted by molar-refractivity contribution is 6.61. The average molecular weight is 316 g/mol. The van der Waals surface area contributed by atoms with Gasteiger partial charge in [-0.1, -0.05) is 31.4 Å². The molecule has 0 aliphatic heterocycles. The number of aryl methyl sites for hydroxylation is 1. The number of para-hydroxylation sites is 1. The molecule has 0 fully saturated rings. The van der Waals surface area contributed by atoms with Gasteiger partial charge in [-0.05, 0) is 18.1 Å². The standard InChI is InChI=1S/C16H16O5Si/c1-6-19-22(20-7-2,21-8-3)13-12-14-10-9-11-15(17-4)16(14)18-5/h1-3,9-11H,12-13H2,4-5H3. The van der Waals surface area contributed by atoms with Gasteiger partial charge in [0.25, 0.3) is 0 Å². The average Bonchev–Trinajstić information content (AvgIpc) is 2.53. The van der Waals surface area contributed by atoms with Crippen molar-refractivity contribution < 1.29 is 22.8 Å². The SMILES string of the molecule is C#CO[Si](CCc1cccc(OC)c1OC)(OC#C)OC#C. The summed E-state index contributed by atoms with van der Waals surface area (Å²) in [6, 6.07) is 5.80. The van der Waals surface area contributed by atoms with Crippen molar-refractivity contribution in [3.63, 3.8) is 0 Å². The molecule has 0 spiro atoms. The second-order valence-corrected chi connectivity index (χ2v) is 6.47. The van der Waals surface area contributed by atoms with Gasteiger partial charge in [0.2, 0.25) is 0 Å². The summed E-state index contributed by atoms with van der Waals surface area (Å²) in [6.07, 6.45) is 22.1. The summed E-state index contributed by atoms with van der Waals surface area (Å²) in [5.74, 6) is 1.22. The molecule has 22 heavy (non-hydrogen) atoms. The molecule has 1 rings (SSSR count). The molecule has 6 heteroatoms. The lowest BCUT2D eigenvalue weighted by Crippen LogP contribution is -2.42. The molecule has 0 aliphatic carbocycles. The zero-order chi connectivity index (χ0) is 16.4. The van der Waals surface area contributed by atoms with E-state index in [9.17, 15) is 0 Å². The molecular formula is C16H16O5Si. The number of methoxy groups -OCH3 is 2. The fourth-order valence-electron chi connectivity index (χ4n) is 1.92. The van der Waals surface area contributed by atoms with Crippen LogP contribution in [0.3, 0.4) is 0 Å². The summed E-state index contributed by atoms with van der Waals surface area (Å²) in [5.41, 5.74) is 0.862. The highest BCUT2D eigenvalue weighted by Crippen LogP contribution is 2.32. The molecule has 0 amide bonds. The van der Waals surface area contributed by atoms with E-state index in [0.717, 1.165) is 5.56 Å². The van der Waals surface area contributed by atoms with E-state index in [-0.39, 0.29) is 6.04 Å². The van der Waals surface area contributed by atoms with E-state index < -0.39 is 8.80 Å². The van der Waals surface area contributed by atoms with E-state index >= 15 is 0 Å². The molecule has 5 nitrogen and oxygen atoms in total. The van der Waals surface area contributed by atoms with Crippen molar-refractivity contribution >= 4 is 8.80 Å². The van der Waals surface area contributed by atoms with Crippen LogP contribution in [0, 0.1) is 37.6 Å². The van der Waals surface area contributed by atoms with Crippen LogP contribution in [0.1, 0.15) is 5.56 Å². The van der Waals surface area contributed by atoms with E-state index in [4.69, 9.17) is 42.0 Å². The van der Waals surface area contributed by atoms with Gasteiger partial charge in [0.05, 0.1) is 38.6 Å². The van der Waals surface area contributed by atoms with Crippen LogP contribution in [0.15, 0.2) is 18.2 Å². The Morgan fingerprint density at radius 3 is 2.00 bits per heavy atom. The molecule has 0 N–H and O–H groups in total. The van der Waals surface area contributed by atoms with Crippen LogP contribution in [-0.2, 0) is 19.7 Å². The van der Waals surface area contributed by atoms with Gasteiger partial charge in [-0.15, -0.1) is 0 Å². The molecule has 0 heterocycles. The number of terminal acetylenes is 3. The zero-order valence-corrected chi connectivity index (χ0v) is 13.4. The molecular weight excluding hydrogens is 300 g/mol. The molecule has 0 aliphatic rings. The van der Waals surface area contributed by atoms with Gasteiger partial charge in [-0.25, -0.2) is 0 Å². The molecule has 0 radical (unpaired) electrons. The monoisotopic (exact) mass is 316 g/mol. The maximum atomic E-state index is 5.36. The van der Waals surface area contributed by atoms with Gasteiger partial charge >= 0.3 is 8.80 Å². The molecule has 0 aromatic heterocycles. The highest BCUT2D eigenvalue weighted by atomic mass is 28.4. The van der Waals surface area contributed by atoms with Crippen molar-refractivity contribution in [2.75, 3.05) is 14.2 Å². The normalized spacial score (nSPS) is 9.59. The molecule has 1 aromatic rings. The smallest absolute Gasteiger partial charge is 0.493 e. The number of hydrogen-bond acceptors (Lipinski definition) is 5. The maximum Gasteiger partial charge on any atom is 0.725 e. The van der Waals surface area contributed by atoms with Crippen LogP contribution in [-0.4, -0.2) is 23.0 Å². The predicted octanol–water partition coefficient (Wildman–Crippen LogP) is 2.01. The van der Waals surface area contributed by atoms with E-state index in [0.29, 0.717) is 17.9 Å². The molecule has 0 unspecified atom stereocenters. The Balaban J connectivity index is 3.01. The largest absolute Gasteiger partial charge is 0.725 e. The first-order chi connectivity index (χ1) is 10.7. The third-order valence-electron chi connectivity index (χ3n) is 2.83. The minimum absolute atomic E-state index is 0.287. The summed E-state index contributed by atoms with van der Waals surface area (Å²) >= 11 is 0. The van der Waals surface area contributed by atoms with Gasteiger partial charge in [0, 0.05) is 0 Å². The van der Waals surface area contributed by atoms with Crippen molar-refractivity contribution in [1.82, 2.24) is 0 Å². The van der Waals surface area contributed by atoms with Gasteiger partial charge in [0.1, 0.15) is 0 Å². The van der Waals surface area contributed by atoms with Crippen LogP contribution in [0.2, 0.25) is 6.04 Å². The lowest BCUT2D eigenvalue weighted by atomic mass is 10.1. The van der Waals surface area contributed by atoms with Crippen molar-refractivity contribution in [2.24, 2.45) is 0 Å². The molecule has 114 valence electrons. The Morgan fingerprint density at radius 2 is 1.55 bits per heavy atom. The molecule has 0 bridgehead atoms. The quantitative estimate of drug-likeness (QED) is 0.542. The molecule has 0 atom stereocenters. The molecule has 1 aromatic carbocycles. The van der Waals surface area contributed by atoms with Gasteiger partial charge < -0.3 is 22.8 Å². The Morgan fingerprint density at radius 1 is 0.955 bits per heavy atom. The lowest BCUT2D eigenvalue weighted by molar-refractivity contribution is 0.212. The minimum Gasteiger partial charge on any atom is -0.493 e. The van der Waals surface area contributed by atoms with Crippen molar-refractivity contribution in [3.8, 4) is 49.1 Å². The van der Waals surface area contributed by atoms with Crippen LogP contribution >= 0.6 is 0 Å². The second kappa shape index (κ2) is 8.41. The van der Waals surface area contributed by atoms with Crippen LogP contribution in [0.4, 0.5) is 0 Å². The predicted molar refractivity (Wildman–Crippen MR) is 83.6 cm³/mol. The molecule has 0 saturated heterocycles. The van der Waals surface area contributed by atoms with Crippen molar-refractivity contribution in [1.29, 1.82) is 0 Å². The number of benzene rings is 1. The Labute approximate surface area is 131 Å². The summed E-state index contributed by atoms with van der Waals surface area (Å²) in [4.78, 5) is 0. The van der Waals surface area contributed by atoms with Crippen LogP contribution < -0.4 is 9.47 Å². The third kappa shape index (κ3) is 4.05. The summed E-state index contributed by atoms with van der Waals surface area (Å²) in [6.45, 7) is 0. The summed E-state index contributed by atoms with van der Waals surface area (Å²) in [7, 11) is -0.230. The van der Waals surface area contributed by atoms with Crippen molar-refractivity contribution in [3.05, 3.63) is 23.8 Å². The van der Waals surface area contributed by atoms with Gasteiger partial charge in [-0.3, -0.25) is 0 Å². The van der Waals surface area contributed by atoms with E-state index in [2.05, 4.69) is 0 Å². The number of hydrogen-bond donors (Lipinski definition) is 0. The number of ether oxygens (including phenoxy) is 2. The zero-order valence-electron chi connectivity index (χ0n) is 12.4. The first kappa shape index (κ1) is 17.2. The van der Waals surface area contributed by atoms with E-state index in [1.807, 2.05) is 30.5 Å². The topological polar surface area (TPSA) is 46.2 Å². The second-order valence-electron chi connectivity index (χ2n) is 4.00. The summed E-state index contributed by atoms with van der Waals surface area (Å²) < 4.78 is 26.0. The Bertz CT molecular complexity index is 580. The number of rotatable bonds is 8. The lowest BCUT2D eigenvalue weighted by Gasteiger charge is -2.21. The van der Waals surface area contributed by atoms with E-state index in [1.165, 1.54) is 0 Å². The maximum absolute atomic E-state index is 5.36. The van der Waals surface area contributed by atoms with Crippen LogP contribution in [0.25, 0.3) is 0 Å². The fraction of sp³-hybridized carbons (Fsp3) is 0.250. The summed E-state index contributed by atoms with van der Waals surface area (Å²) in [5, 5.41) is 0. The third-order valence-corrected chi connectivity index (χ3v) is 4.98. The first-order valence-electron chi connectivity index (χ1n) is 6.27. The highest BCUT2D eigenvalue weighted by Gasteiger charge is 2.48. The Kier molecular flexibility index (Phi) is 6.57.